The Hall–Kier alpha value is -1.13. The molecule has 1 aliphatic carbocycles. The summed E-state index contributed by atoms with van der Waals surface area (Å²) in [6.45, 7) is 1.25. The Morgan fingerprint density at radius 1 is 1.00 bits per heavy atom. The average molecular weight is 608 g/mol. The van der Waals surface area contributed by atoms with Gasteiger partial charge in [0.1, 0.15) is 30.5 Å². The van der Waals surface area contributed by atoms with Crippen LogP contribution in [0.25, 0.3) is 0 Å². The highest BCUT2D eigenvalue weighted by Gasteiger charge is 2.51. The van der Waals surface area contributed by atoms with Crippen molar-refractivity contribution in [2.45, 2.75) is 105 Å². The molecule has 13 atom stereocenters. The van der Waals surface area contributed by atoms with E-state index in [1.165, 1.54) is 0 Å². The number of hydrogen-bond donors (Lipinski definition) is 11. The second-order valence-corrected chi connectivity index (χ2v) is 11.7. The minimum absolute atomic E-state index is 0.0348. The summed E-state index contributed by atoms with van der Waals surface area (Å²) >= 11 is 0. The van der Waals surface area contributed by atoms with Gasteiger partial charge in [-0.05, 0) is 25.2 Å². The monoisotopic (exact) mass is 607 g/mol. The van der Waals surface area contributed by atoms with E-state index in [0.717, 1.165) is 25.9 Å². The van der Waals surface area contributed by atoms with Crippen molar-refractivity contribution in [3.8, 4) is 0 Å². The normalized spacial score (nSPS) is 43.1. The van der Waals surface area contributed by atoms with Crippen molar-refractivity contribution in [1.82, 2.24) is 15.7 Å². The summed E-state index contributed by atoms with van der Waals surface area (Å²) in [7, 11) is 0. The highest BCUT2D eigenvalue weighted by molar-refractivity contribution is 5.75. The fourth-order valence-electron chi connectivity index (χ4n) is 6.05. The maximum absolute atomic E-state index is 12.8. The van der Waals surface area contributed by atoms with Crippen molar-refractivity contribution >= 4 is 5.91 Å². The SMILES string of the molecule is NCCN(O)C(=O)C[C@@H]1C[C@H](N)C(O[C@H]2O[C@H](CN)CC[C@H]2NC2CNC2)[C@H](O)[C@H]1O[C@H]1O[C@H](CO)[C@@H](O)[C@H](N)[C@H]1O. The van der Waals surface area contributed by atoms with Crippen molar-refractivity contribution in [3.05, 3.63) is 0 Å². The highest BCUT2D eigenvalue weighted by Crippen LogP contribution is 2.36. The first-order chi connectivity index (χ1) is 20.1. The van der Waals surface area contributed by atoms with Crippen LogP contribution in [0.4, 0.5) is 0 Å². The molecule has 4 fully saturated rings. The van der Waals surface area contributed by atoms with E-state index in [9.17, 15) is 30.4 Å². The Balaban J connectivity index is 1.54. The van der Waals surface area contributed by atoms with Crippen molar-refractivity contribution < 1.29 is 49.4 Å². The van der Waals surface area contributed by atoms with Gasteiger partial charge >= 0.3 is 0 Å². The van der Waals surface area contributed by atoms with Gasteiger partial charge in [0.15, 0.2) is 12.6 Å². The van der Waals surface area contributed by atoms with Gasteiger partial charge in [-0.2, -0.15) is 0 Å². The molecule has 4 rings (SSSR count). The second kappa shape index (κ2) is 15.2. The molecule has 3 aliphatic heterocycles. The van der Waals surface area contributed by atoms with E-state index in [0.29, 0.717) is 11.6 Å². The molecule has 0 radical (unpaired) electrons. The van der Waals surface area contributed by atoms with Crippen LogP contribution >= 0.6 is 0 Å². The molecule has 17 heteroatoms. The molecule has 42 heavy (non-hydrogen) atoms. The van der Waals surface area contributed by atoms with Crippen LogP contribution in [0.2, 0.25) is 0 Å². The molecule has 0 aromatic carbocycles. The third-order valence-corrected chi connectivity index (χ3v) is 8.67. The van der Waals surface area contributed by atoms with Crippen LogP contribution in [0.3, 0.4) is 0 Å². The number of nitrogens with two attached hydrogens (primary N) is 4. The molecule has 3 heterocycles. The zero-order valence-electron chi connectivity index (χ0n) is 23.7. The van der Waals surface area contributed by atoms with Gasteiger partial charge in [0, 0.05) is 44.7 Å². The van der Waals surface area contributed by atoms with Crippen LogP contribution in [0, 0.1) is 5.92 Å². The fourth-order valence-corrected chi connectivity index (χ4v) is 6.05. The molecule has 0 aromatic heterocycles. The molecule has 0 bridgehead atoms. The van der Waals surface area contributed by atoms with Crippen molar-refractivity contribution in [1.29, 1.82) is 0 Å². The zero-order chi connectivity index (χ0) is 30.6. The van der Waals surface area contributed by atoms with Gasteiger partial charge in [-0.1, -0.05) is 0 Å². The molecular weight excluding hydrogens is 558 g/mol. The summed E-state index contributed by atoms with van der Waals surface area (Å²) in [4.78, 5) is 12.8. The minimum Gasteiger partial charge on any atom is -0.394 e. The molecule has 15 N–H and O–H groups in total. The second-order valence-electron chi connectivity index (χ2n) is 11.7. The molecule has 1 saturated carbocycles. The lowest BCUT2D eigenvalue weighted by Crippen LogP contribution is -2.67. The van der Waals surface area contributed by atoms with Crippen molar-refractivity contribution in [2.24, 2.45) is 28.9 Å². The standard InChI is InChI=1S/C25H49N7O10/c26-3-4-32(38)17(34)6-11-5-14(28)23(42-24-15(31-12-8-30-9-12)2-1-13(7-27)39-24)21(37)22(11)41-25-20(36)18(29)19(35)16(10-33)40-25/h11-16,18-25,30-31,33,35-38H,1-10,26-29H2/t11-,13-,14-,15+,16+,18-,19+,20+,21+,22-,23?,24+,25+/m0/s1. The van der Waals surface area contributed by atoms with Crippen LogP contribution in [-0.4, -0.2) is 155 Å². The molecule has 3 saturated heterocycles. The van der Waals surface area contributed by atoms with E-state index in [-0.39, 0.29) is 44.1 Å². The van der Waals surface area contributed by atoms with Gasteiger partial charge in [-0.25, -0.2) is 5.06 Å². The molecule has 1 unspecified atom stereocenters. The Morgan fingerprint density at radius 3 is 2.33 bits per heavy atom. The number of ether oxygens (including phenoxy) is 4. The minimum atomic E-state index is -1.52. The summed E-state index contributed by atoms with van der Waals surface area (Å²) in [5, 5.41) is 59.6. The van der Waals surface area contributed by atoms with Gasteiger partial charge < -0.3 is 72.9 Å². The predicted molar refractivity (Wildman–Crippen MR) is 145 cm³/mol. The van der Waals surface area contributed by atoms with Crippen molar-refractivity contribution in [3.63, 3.8) is 0 Å². The van der Waals surface area contributed by atoms with Crippen LogP contribution < -0.4 is 33.6 Å². The summed E-state index contributed by atoms with van der Waals surface area (Å²) in [5.41, 5.74) is 23.8. The van der Waals surface area contributed by atoms with Gasteiger partial charge in [0.2, 0.25) is 5.91 Å². The smallest absolute Gasteiger partial charge is 0.246 e. The number of aliphatic hydroxyl groups is 4. The Labute approximate surface area is 244 Å². The maximum atomic E-state index is 12.8. The van der Waals surface area contributed by atoms with E-state index < -0.39 is 79.7 Å². The first kappa shape index (κ1) is 33.8. The number of carbonyl (C=O) groups excluding carboxylic acids is 1. The van der Waals surface area contributed by atoms with Gasteiger partial charge in [0.05, 0.1) is 37.4 Å². The summed E-state index contributed by atoms with van der Waals surface area (Å²) in [6.07, 6.45) is -8.85. The fraction of sp³-hybridized carbons (Fsp3) is 0.960. The number of nitrogens with one attached hydrogen (secondary N) is 2. The van der Waals surface area contributed by atoms with Crippen molar-refractivity contribution in [2.75, 3.05) is 39.3 Å². The number of aliphatic hydroxyl groups excluding tert-OH is 4. The van der Waals surface area contributed by atoms with Crippen LogP contribution in [0.5, 0.6) is 0 Å². The van der Waals surface area contributed by atoms with E-state index in [4.69, 9.17) is 41.9 Å². The number of carbonyl (C=O) groups is 1. The molecule has 0 spiro atoms. The van der Waals surface area contributed by atoms with Gasteiger partial charge in [0.25, 0.3) is 0 Å². The Kier molecular flexibility index (Phi) is 12.2. The number of amides is 1. The summed E-state index contributed by atoms with van der Waals surface area (Å²) < 4.78 is 24.2. The Bertz CT molecular complexity index is 860. The van der Waals surface area contributed by atoms with Crippen LogP contribution in [0.1, 0.15) is 25.7 Å². The lowest BCUT2D eigenvalue weighted by atomic mass is 9.77. The topological polar surface area (TPSA) is 287 Å². The molecule has 244 valence electrons. The Morgan fingerprint density at radius 2 is 1.71 bits per heavy atom. The summed E-state index contributed by atoms with van der Waals surface area (Å²) in [6, 6.07) is -1.93. The number of hydrogen-bond acceptors (Lipinski definition) is 16. The molecular formula is C25H49N7O10. The van der Waals surface area contributed by atoms with Crippen LogP contribution in [0.15, 0.2) is 0 Å². The van der Waals surface area contributed by atoms with E-state index in [2.05, 4.69) is 10.6 Å². The zero-order valence-corrected chi connectivity index (χ0v) is 23.7. The third-order valence-electron chi connectivity index (χ3n) is 8.67. The quantitative estimate of drug-likeness (QED) is 0.0727. The third kappa shape index (κ3) is 7.74. The molecule has 4 aliphatic rings. The summed E-state index contributed by atoms with van der Waals surface area (Å²) in [5.74, 6) is -1.41. The van der Waals surface area contributed by atoms with Gasteiger partial charge in [-0.15, -0.1) is 0 Å². The first-order valence-corrected chi connectivity index (χ1v) is 14.7. The van der Waals surface area contributed by atoms with E-state index in [1.807, 2.05) is 0 Å². The van der Waals surface area contributed by atoms with Gasteiger partial charge in [-0.3, -0.25) is 10.0 Å². The maximum Gasteiger partial charge on any atom is 0.246 e. The number of rotatable bonds is 12. The molecule has 17 nitrogen and oxygen atoms in total. The predicted octanol–water partition coefficient (Wildman–Crippen LogP) is -5.81. The molecule has 0 aromatic rings. The van der Waals surface area contributed by atoms with E-state index >= 15 is 0 Å². The lowest BCUT2D eigenvalue weighted by Gasteiger charge is -2.49. The van der Waals surface area contributed by atoms with Crippen LogP contribution in [-0.2, 0) is 23.7 Å². The first-order valence-electron chi connectivity index (χ1n) is 14.7. The number of nitrogens with zero attached hydrogens (tertiary/aromatic N) is 1. The average Bonchev–Trinajstić information content (AvgIpc) is 2.95. The lowest BCUT2D eigenvalue weighted by molar-refractivity contribution is -0.318. The number of hydroxylamine groups is 2. The highest BCUT2D eigenvalue weighted by atomic mass is 16.7. The van der Waals surface area contributed by atoms with E-state index in [1.54, 1.807) is 0 Å². The molecule has 1 amide bonds. The largest absolute Gasteiger partial charge is 0.394 e.